The Bertz CT molecular complexity index is 559. The standard InChI is InChI=1S/C14H9F2IO/c15-11-5-9(6-12(16)8-11)7-14(18)10-1-3-13(17)4-2-10/h1-6,8H,7H2. The summed E-state index contributed by atoms with van der Waals surface area (Å²) in [6, 6.07) is 10.2. The van der Waals surface area contributed by atoms with Crippen molar-refractivity contribution in [1.29, 1.82) is 0 Å². The maximum absolute atomic E-state index is 13.0. The maximum atomic E-state index is 13.0. The minimum Gasteiger partial charge on any atom is -0.294 e. The number of benzene rings is 2. The van der Waals surface area contributed by atoms with Crippen molar-refractivity contribution in [2.45, 2.75) is 6.42 Å². The predicted octanol–water partition coefficient (Wildman–Crippen LogP) is 3.99. The van der Waals surface area contributed by atoms with Crippen molar-refractivity contribution < 1.29 is 13.6 Å². The number of rotatable bonds is 3. The second-order valence-electron chi connectivity index (χ2n) is 3.88. The van der Waals surface area contributed by atoms with Gasteiger partial charge in [-0.1, -0.05) is 12.1 Å². The molecule has 18 heavy (non-hydrogen) atoms. The largest absolute Gasteiger partial charge is 0.294 e. The Morgan fingerprint density at radius 3 is 2.11 bits per heavy atom. The third kappa shape index (κ3) is 3.35. The molecule has 0 bridgehead atoms. The van der Waals surface area contributed by atoms with Gasteiger partial charge in [-0.05, 0) is 52.4 Å². The van der Waals surface area contributed by atoms with Crippen LogP contribution in [-0.4, -0.2) is 5.78 Å². The topological polar surface area (TPSA) is 17.1 Å². The van der Waals surface area contributed by atoms with Crippen molar-refractivity contribution in [2.24, 2.45) is 0 Å². The summed E-state index contributed by atoms with van der Waals surface area (Å²) >= 11 is 2.14. The summed E-state index contributed by atoms with van der Waals surface area (Å²) < 4.78 is 27.0. The van der Waals surface area contributed by atoms with Crippen molar-refractivity contribution in [3.63, 3.8) is 0 Å². The van der Waals surface area contributed by atoms with Crippen LogP contribution in [0.25, 0.3) is 0 Å². The van der Waals surface area contributed by atoms with E-state index >= 15 is 0 Å². The van der Waals surface area contributed by atoms with E-state index in [2.05, 4.69) is 22.6 Å². The Kier molecular flexibility index (Phi) is 4.06. The maximum Gasteiger partial charge on any atom is 0.167 e. The van der Waals surface area contributed by atoms with Crippen molar-refractivity contribution >= 4 is 28.4 Å². The summed E-state index contributed by atoms with van der Waals surface area (Å²) in [5.41, 5.74) is 0.885. The summed E-state index contributed by atoms with van der Waals surface area (Å²) in [6.45, 7) is 0. The number of hydrogen-bond acceptors (Lipinski definition) is 1. The quantitative estimate of drug-likeness (QED) is 0.599. The van der Waals surface area contributed by atoms with Gasteiger partial charge in [0.1, 0.15) is 11.6 Å². The number of ketones is 1. The highest BCUT2D eigenvalue weighted by atomic mass is 127. The lowest BCUT2D eigenvalue weighted by atomic mass is 10.0. The van der Waals surface area contributed by atoms with Crippen LogP contribution in [0.15, 0.2) is 42.5 Å². The molecule has 0 aromatic heterocycles. The fourth-order valence-corrected chi connectivity index (χ4v) is 2.00. The molecule has 2 aromatic rings. The monoisotopic (exact) mass is 358 g/mol. The molecule has 0 heterocycles. The van der Waals surface area contributed by atoms with Gasteiger partial charge in [0.15, 0.2) is 5.78 Å². The van der Waals surface area contributed by atoms with Crippen LogP contribution in [0.2, 0.25) is 0 Å². The lowest BCUT2D eigenvalue weighted by Crippen LogP contribution is -2.04. The van der Waals surface area contributed by atoms with Crippen molar-refractivity contribution in [3.05, 3.63) is 68.8 Å². The molecule has 4 heteroatoms. The SMILES string of the molecule is O=C(Cc1cc(F)cc(F)c1)c1ccc(I)cc1. The van der Waals surface area contributed by atoms with Gasteiger partial charge in [-0.2, -0.15) is 0 Å². The Morgan fingerprint density at radius 1 is 1.00 bits per heavy atom. The number of Topliss-reactive ketones (excluding diaryl/α,β-unsaturated/α-hetero) is 1. The van der Waals surface area contributed by atoms with E-state index in [9.17, 15) is 13.6 Å². The van der Waals surface area contributed by atoms with Crippen LogP contribution in [-0.2, 0) is 6.42 Å². The Labute approximate surface area is 117 Å². The molecule has 0 aliphatic heterocycles. The third-order valence-electron chi connectivity index (χ3n) is 2.45. The van der Waals surface area contributed by atoms with Gasteiger partial charge in [-0.15, -0.1) is 0 Å². The number of halogens is 3. The van der Waals surface area contributed by atoms with Gasteiger partial charge in [-0.3, -0.25) is 4.79 Å². The summed E-state index contributed by atoms with van der Waals surface area (Å²) in [5, 5.41) is 0. The highest BCUT2D eigenvalue weighted by Gasteiger charge is 2.09. The molecule has 0 amide bonds. The van der Waals surface area contributed by atoms with Crippen molar-refractivity contribution in [3.8, 4) is 0 Å². The van der Waals surface area contributed by atoms with E-state index in [-0.39, 0.29) is 12.2 Å². The van der Waals surface area contributed by atoms with Gasteiger partial charge in [0, 0.05) is 21.6 Å². The molecule has 92 valence electrons. The number of carbonyl (C=O) groups is 1. The minimum absolute atomic E-state index is 0.00469. The van der Waals surface area contributed by atoms with E-state index in [4.69, 9.17) is 0 Å². The second kappa shape index (κ2) is 5.56. The van der Waals surface area contributed by atoms with Crippen LogP contribution < -0.4 is 0 Å². The van der Waals surface area contributed by atoms with Gasteiger partial charge < -0.3 is 0 Å². The third-order valence-corrected chi connectivity index (χ3v) is 3.17. The molecular formula is C14H9F2IO. The van der Waals surface area contributed by atoms with Gasteiger partial charge in [0.25, 0.3) is 0 Å². The lowest BCUT2D eigenvalue weighted by molar-refractivity contribution is 0.0993. The molecule has 0 aliphatic carbocycles. The Balaban J connectivity index is 2.18. The molecule has 0 N–H and O–H groups in total. The highest BCUT2D eigenvalue weighted by Crippen LogP contribution is 2.13. The van der Waals surface area contributed by atoms with Crippen molar-refractivity contribution in [1.82, 2.24) is 0 Å². The lowest BCUT2D eigenvalue weighted by Gasteiger charge is -2.02. The zero-order valence-electron chi connectivity index (χ0n) is 9.29. The highest BCUT2D eigenvalue weighted by molar-refractivity contribution is 14.1. The molecular weight excluding hydrogens is 349 g/mol. The van der Waals surface area contributed by atoms with E-state index in [1.165, 1.54) is 12.1 Å². The summed E-state index contributed by atoms with van der Waals surface area (Å²) in [4.78, 5) is 11.9. The first-order valence-electron chi connectivity index (χ1n) is 5.28. The van der Waals surface area contributed by atoms with Crippen LogP contribution in [0.5, 0.6) is 0 Å². The molecule has 2 aromatic carbocycles. The molecule has 0 unspecified atom stereocenters. The fourth-order valence-electron chi connectivity index (χ4n) is 1.64. The average Bonchev–Trinajstić information content (AvgIpc) is 2.28. The van der Waals surface area contributed by atoms with Crippen LogP contribution in [0, 0.1) is 15.2 Å². The van der Waals surface area contributed by atoms with Crippen LogP contribution in [0.4, 0.5) is 8.78 Å². The smallest absolute Gasteiger partial charge is 0.167 e. The van der Waals surface area contributed by atoms with E-state index in [1.54, 1.807) is 12.1 Å². The summed E-state index contributed by atoms with van der Waals surface area (Å²) in [5.74, 6) is -1.49. The molecule has 0 atom stereocenters. The van der Waals surface area contributed by atoms with Gasteiger partial charge in [-0.25, -0.2) is 8.78 Å². The normalized spacial score (nSPS) is 10.4. The summed E-state index contributed by atoms with van der Waals surface area (Å²) in [6.07, 6.45) is -0.00469. The molecule has 0 saturated heterocycles. The van der Waals surface area contributed by atoms with Gasteiger partial charge >= 0.3 is 0 Å². The average molecular weight is 358 g/mol. The Morgan fingerprint density at radius 2 is 1.56 bits per heavy atom. The summed E-state index contributed by atoms with van der Waals surface area (Å²) in [7, 11) is 0. The zero-order chi connectivity index (χ0) is 13.1. The van der Waals surface area contributed by atoms with Crippen LogP contribution >= 0.6 is 22.6 Å². The molecule has 0 radical (unpaired) electrons. The molecule has 2 rings (SSSR count). The van der Waals surface area contributed by atoms with Crippen LogP contribution in [0.3, 0.4) is 0 Å². The van der Waals surface area contributed by atoms with E-state index in [0.717, 1.165) is 9.64 Å². The molecule has 0 spiro atoms. The van der Waals surface area contributed by atoms with Crippen molar-refractivity contribution in [2.75, 3.05) is 0 Å². The number of hydrogen-bond donors (Lipinski definition) is 0. The first kappa shape index (κ1) is 13.1. The minimum atomic E-state index is -0.666. The van der Waals surface area contributed by atoms with Gasteiger partial charge in [0.2, 0.25) is 0 Å². The first-order valence-corrected chi connectivity index (χ1v) is 6.36. The van der Waals surface area contributed by atoms with Crippen LogP contribution in [0.1, 0.15) is 15.9 Å². The Hall–Kier alpha value is -1.30. The van der Waals surface area contributed by atoms with Gasteiger partial charge in [0.05, 0.1) is 0 Å². The van der Waals surface area contributed by atoms with E-state index < -0.39 is 11.6 Å². The molecule has 0 fully saturated rings. The number of carbonyl (C=O) groups excluding carboxylic acids is 1. The fraction of sp³-hybridized carbons (Fsp3) is 0.0714. The zero-order valence-corrected chi connectivity index (χ0v) is 11.4. The second-order valence-corrected chi connectivity index (χ2v) is 5.13. The molecule has 0 saturated carbocycles. The van der Waals surface area contributed by atoms with E-state index in [0.29, 0.717) is 11.1 Å². The van der Waals surface area contributed by atoms with E-state index in [1.807, 2.05) is 12.1 Å². The molecule has 0 aliphatic rings. The first-order chi connectivity index (χ1) is 8.54. The predicted molar refractivity (Wildman–Crippen MR) is 73.6 cm³/mol. The molecule has 1 nitrogen and oxygen atoms in total.